The van der Waals surface area contributed by atoms with Gasteiger partial charge in [0.05, 0.1) is 0 Å². The van der Waals surface area contributed by atoms with Gasteiger partial charge in [-0.05, 0) is 25.5 Å². The molecular weight excluding hydrogens is 86.1 g/mol. The smallest absolute Gasteiger partial charge is 0.0118 e. The first-order chi connectivity index (χ1) is 3.29. The van der Waals surface area contributed by atoms with Crippen LogP contribution in [0.1, 0.15) is 11.3 Å². The number of H-pyrrole nitrogens is 1. The zero-order chi connectivity index (χ0) is 5.28. The lowest BCUT2D eigenvalue weighted by Gasteiger charge is -1.71. The number of hydrogen-bond acceptors (Lipinski definition) is 0. The largest absolute Gasteiger partial charge is 0.365 e. The van der Waals surface area contributed by atoms with Crippen molar-refractivity contribution in [1.29, 1.82) is 0 Å². The molecular formula is C6H8N. The summed E-state index contributed by atoms with van der Waals surface area (Å²) in [5.41, 5.74) is 2.22. The lowest BCUT2D eigenvalue weighted by molar-refractivity contribution is 1.27. The van der Waals surface area contributed by atoms with E-state index in [0.717, 1.165) is 5.56 Å². The van der Waals surface area contributed by atoms with E-state index in [1.807, 2.05) is 19.2 Å². The highest BCUT2D eigenvalue weighted by Crippen LogP contribution is 1.96. The molecule has 1 heteroatoms. The van der Waals surface area contributed by atoms with Crippen LogP contribution in [0.5, 0.6) is 0 Å². The summed E-state index contributed by atoms with van der Waals surface area (Å²) >= 11 is 0. The summed E-state index contributed by atoms with van der Waals surface area (Å²) < 4.78 is 0. The van der Waals surface area contributed by atoms with Gasteiger partial charge in [0.2, 0.25) is 0 Å². The molecule has 1 radical (unpaired) electrons. The number of nitrogens with one attached hydrogen (secondary N) is 1. The van der Waals surface area contributed by atoms with Crippen LogP contribution in [0.15, 0.2) is 12.3 Å². The Balaban J connectivity index is 3.04. The van der Waals surface area contributed by atoms with Gasteiger partial charge in [0.15, 0.2) is 0 Å². The Morgan fingerprint density at radius 2 is 2.43 bits per heavy atom. The molecule has 0 atom stereocenters. The van der Waals surface area contributed by atoms with Crippen LogP contribution in [0.2, 0.25) is 0 Å². The van der Waals surface area contributed by atoms with Gasteiger partial charge in [0.25, 0.3) is 0 Å². The number of aryl methyl sites for hydroxylation is 1. The topological polar surface area (TPSA) is 15.8 Å². The van der Waals surface area contributed by atoms with Crippen LogP contribution in [0.3, 0.4) is 0 Å². The average Bonchev–Trinajstić information content (AvgIpc) is 1.87. The molecule has 0 saturated carbocycles. The van der Waals surface area contributed by atoms with Gasteiger partial charge in [-0.1, -0.05) is 0 Å². The van der Waals surface area contributed by atoms with Gasteiger partial charge in [-0.15, -0.1) is 0 Å². The van der Waals surface area contributed by atoms with E-state index in [0.29, 0.717) is 0 Å². The highest BCUT2D eigenvalue weighted by molar-refractivity contribution is 5.17. The van der Waals surface area contributed by atoms with Crippen molar-refractivity contribution in [2.24, 2.45) is 0 Å². The molecule has 1 aromatic rings. The molecule has 1 nitrogen and oxygen atoms in total. The first kappa shape index (κ1) is 4.44. The van der Waals surface area contributed by atoms with E-state index in [9.17, 15) is 0 Å². The van der Waals surface area contributed by atoms with Crippen LogP contribution in [-0.2, 0) is 0 Å². The van der Waals surface area contributed by atoms with Gasteiger partial charge in [-0.2, -0.15) is 0 Å². The minimum Gasteiger partial charge on any atom is -0.365 e. The first-order valence-corrected chi connectivity index (χ1v) is 2.26. The molecule has 0 aliphatic carbocycles. The van der Waals surface area contributed by atoms with Gasteiger partial charge in [0, 0.05) is 11.9 Å². The molecule has 0 aliphatic rings. The predicted molar refractivity (Wildman–Crippen MR) is 30.0 cm³/mol. The second-order valence-corrected chi connectivity index (χ2v) is 1.69. The Morgan fingerprint density at radius 1 is 1.71 bits per heavy atom. The second kappa shape index (κ2) is 1.41. The van der Waals surface area contributed by atoms with E-state index in [1.165, 1.54) is 5.69 Å². The molecule has 0 amide bonds. The van der Waals surface area contributed by atoms with Gasteiger partial charge in [-0.25, -0.2) is 0 Å². The second-order valence-electron chi connectivity index (χ2n) is 1.69. The van der Waals surface area contributed by atoms with Gasteiger partial charge < -0.3 is 4.98 Å². The lowest BCUT2D eigenvalue weighted by atomic mass is 10.4. The summed E-state index contributed by atoms with van der Waals surface area (Å²) in [7, 11) is 0. The zero-order valence-electron chi connectivity index (χ0n) is 4.36. The normalized spacial score (nSPS) is 9.43. The van der Waals surface area contributed by atoms with Crippen LogP contribution < -0.4 is 0 Å². The summed E-state index contributed by atoms with van der Waals surface area (Å²) in [6.45, 7) is 5.72. The Kier molecular flexibility index (Phi) is 0.895. The third-order valence-corrected chi connectivity index (χ3v) is 0.887. The monoisotopic (exact) mass is 94.1 g/mol. The predicted octanol–water partition coefficient (Wildman–Crippen LogP) is 1.51. The van der Waals surface area contributed by atoms with Crippen LogP contribution in [0, 0.1) is 13.8 Å². The van der Waals surface area contributed by atoms with Crippen LogP contribution in [0.4, 0.5) is 0 Å². The Hall–Kier alpha value is -0.720. The van der Waals surface area contributed by atoms with E-state index in [-0.39, 0.29) is 0 Å². The molecule has 1 aromatic heterocycles. The van der Waals surface area contributed by atoms with Crippen molar-refractivity contribution < 1.29 is 0 Å². The maximum Gasteiger partial charge on any atom is 0.0118 e. The Morgan fingerprint density at radius 3 is 2.57 bits per heavy atom. The van der Waals surface area contributed by atoms with Crippen molar-refractivity contribution in [1.82, 2.24) is 4.98 Å². The molecule has 0 saturated heterocycles. The van der Waals surface area contributed by atoms with Crippen LogP contribution >= 0.6 is 0 Å². The lowest BCUT2D eigenvalue weighted by Crippen LogP contribution is -1.59. The van der Waals surface area contributed by atoms with Gasteiger partial charge in [-0.3, -0.25) is 0 Å². The molecule has 0 fully saturated rings. The summed E-state index contributed by atoms with van der Waals surface area (Å²) in [5.74, 6) is 0. The molecule has 7 heavy (non-hydrogen) atoms. The van der Waals surface area contributed by atoms with Crippen molar-refractivity contribution >= 4 is 0 Å². The fourth-order valence-corrected chi connectivity index (χ4v) is 0.568. The highest BCUT2D eigenvalue weighted by atomic mass is 14.7. The maximum atomic E-state index is 3.71. The number of aromatic amines is 1. The van der Waals surface area contributed by atoms with E-state index < -0.39 is 0 Å². The molecule has 1 heterocycles. The summed E-state index contributed by atoms with van der Waals surface area (Å²) in [5, 5.41) is 0. The average molecular weight is 94.1 g/mol. The summed E-state index contributed by atoms with van der Waals surface area (Å²) in [4.78, 5) is 3.01. The molecule has 0 bridgehead atoms. The molecule has 0 aromatic carbocycles. The molecule has 0 aliphatic heterocycles. The highest BCUT2D eigenvalue weighted by Gasteiger charge is 1.82. The standard InChI is InChI=1S/C6H8N/c1-5-3-6(2)7-4-5/h3-4,7H,1H2,2H3. The minimum absolute atomic E-state index is 1.05. The van der Waals surface area contributed by atoms with Crippen molar-refractivity contribution in [2.45, 2.75) is 6.92 Å². The van der Waals surface area contributed by atoms with E-state index >= 15 is 0 Å². The SMILES string of the molecule is [CH2]c1c[nH]c(C)c1. The number of hydrogen-bond donors (Lipinski definition) is 1. The summed E-state index contributed by atoms with van der Waals surface area (Å²) in [6.07, 6.45) is 1.88. The van der Waals surface area contributed by atoms with Gasteiger partial charge >= 0.3 is 0 Å². The molecule has 0 unspecified atom stereocenters. The minimum atomic E-state index is 1.05. The molecule has 1 rings (SSSR count). The maximum absolute atomic E-state index is 3.71. The number of aromatic nitrogens is 1. The van der Waals surface area contributed by atoms with Crippen molar-refractivity contribution in [2.75, 3.05) is 0 Å². The quantitative estimate of drug-likeness (QED) is 0.501. The van der Waals surface area contributed by atoms with Crippen molar-refractivity contribution in [3.05, 3.63) is 30.4 Å². The fraction of sp³-hybridized carbons (Fsp3) is 0.167. The third kappa shape index (κ3) is 0.829. The Bertz CT molecular complexity index is 136. The molecule has 1 N–H and O–H groups in total. The van der Waals surface area contributed by atoms with E-state index in [2.05, 4.69) is 11.9 Å². The third-order valence-electron chi connectivity index (χ3n) is 0.887. The fourth-order valence-electron chi connectivity index (χ4n) is 0.568. The Labute approximate surface area is 43.4 Å². The van der Waals surface area contributed by atoms with Crippen LogP contribution in [0.25, 0.3) is 0 Å². The van der Waals surface area contributed by atoms with Gasteiger partial charge in [0.1, 0.15) is 0 Å². The van der Waals surface area contributed by atoms with E-state index in [1.54, 1.807) is 0 Å². The zero-order valence-corrected chi connectivity index (χ0v) is 4.36. The van der Waals surface area contributed by atoms with E-state index in [4.69, 9.17) is 0 Å². The summed E-state index contributed by atoms with van der Waals surface area (Å²) in [6, 6.07) is 2.00. The molecule has 0 spiro atoms. The number of rotatable bonds is 0. The molecule has 37 valence electrons. The van der Waals surface area contributed by atoms with Crippen LogP contribution in [-0.4, -0.2) is 4.98 Å². The van der Waals surface area contributed by atoms with Crippen molar-refractivity contribution in [3.8, 4) is 0 Å². The van der Waals surface area contributed by atoms with Crippen molar-refractivity contribution in [3.63, 3.8) is 0 Å². The first-order valence-electron chi connectivity index (χ1n) is 2.26.